The second-order valence-electron chi connectivity index (χ2n) is 5.11. The topological polar surface area (TPSA) is 39.4 Å². The van der Waals surface area contributed by atoms with Crippen molar-refractivity contribution in [3.63, 3.8) is 0 Å². The number of hydrogen-bond donors (Lipinski definition) is 0. The highest BCUT2D eigenvalue weighted by atomic mass is 35.5. The van der Waals surface area contributed by atoms with Crippen LogP contribution in [0, 0.1) is 0 Å². The number of ether oxygens (including phenoxy) is 1. The van der Waals surface area contributed by atoms with Crippen LogP contribution in [0.25, 0.3) is 17.4 Å². The molecule has 0 saturated heterocycles. The lowest BCUT2D eigenvalue weighted by Crippen LogP contribution is -1.93. The first kappa shape index (κ1) is 16.1. The minimum atomic E-state index is -0.103. The molecule has 0 saturated carbocycles. The molecule has 0 aliphatic carbocycles. The number of hydrogen-bond acceptors (Lipinski definition) is 3. The molecule has 3 rings (SSSR count). The molecule has 0 unspecified atom stereocenters. The minimum absolute atomic E-state index is 0.103. The van der Waals surface area contributed by atoms with E-state index in [1.54, 1.807) is 43.5 Å². The molecule has 0 atom stereocenters. The van der Waals surface area contributed by atoms with Gasteiger partial charge in [-0.15, -0.1) is 0 Å². The van der Waals surface area contributed by atoms with Crippen molar-refractivity contribution in [2.45, 2.75) is 0 Å². The highest BCUT2D eigenvalue weighted by Gasteiger charge is 2.07. The van der Waals surface area contributed by atoms with Crippen LogP contribution in [0.5, 0.6) is 5.75 Å². The van der Waals surface area contributed by atoms with Gasteiger partial charge in [0.1, 0.15) is 17.3 Å². The van der Waals surface area contributed by atoms with Gasteiger partial charge >= 0.3 is 0 Å². The highest BCUT2D eigenvalue weighted by Crippen LogP contribution is 2.29. The number of carbonyl (C=O) groups is 1. The number of furan rings is 1. The van der Waals surface area contributed by atoms with E-state index in [-0.39, 0.29) is 5.78 Å². The van der Waals surface area contributed by atoms with Crippen LogP contribution in [0.4, 0.5) is 0 Å². The smallest absolute Gasteiger partial charge is 0.185 e. The lowest BCUT2D eigenvalue weighted by atomic mass is 10.1. The summed E-state index contributed by atoms with van der Waals surface area (Å²) in [6.07, 6.45) is 3.13. The van der Waals surface area contributed by atoms with Crippen molar-refractivity contribution in [1.29, 1.82) is 0 Å². The molecule has 0 fully saturated rings. The Balaban J connectivity index is 1.75. The fourth-order valence-electron chi connectivity index (χ4n) is 2.26. The summed E-state index contributed by atoms with van der Waals surface area (Å²) in [7, 11) is 1.59. The van der Waals surface area contributed by atoms with E-state index in [4.69, 9.17) is 20.8 Å². The van der Waals surface area contributed by atoms with Gasteiger partial charge in [0, 0.05) is 11.1 Å². The Labute approximate surface area is 145 Å². The van der Waals surface area contributed by atoms with Gasteiger partial charge in [0.2, 0.25) is 0 Å². The van der Waals surface area contributed by atoms with Gasteiger partial charge in [-0.1, -0.05) is 23.7 Å². The number of carbonyl (C=O) groups excluding carboxylic acids is 1. The monoisotopic (exact) mass is 338 g/mol. The van der Waals surface area contributed by atoms with E-state index in [1.165, 1.54) is 6.08 Å². The molecule has 0 N–H and O–H groups in total. The summed E-state index contributed by atoms with van der Waals surface area (Å²) in [5, 5.41) is 0.622. The molecule has 0 spiro atoms. The van der Waals surface area contributed by atoms with Crippen molar-refractivity contribution in [3.8, 4) is 17.1 Å². The molecule has 3 nitrogen and oxygen atoms in total. The predicted octanol–water partition coefficient (Wildman–Crippen LogP) is 5.50. The quantitative estimate of drug-likeness (QED) is 0.455. The molecule has 0 aliphatic heterocycles. The summed E-state index contributed by atoms with van der Waals surface area (Å²) in [5.74, 6) is 1.86. The first-order valence-corrected chi connectivity index (χ1v) is 7.76. The Morgan fingerprint density at radius 2 is 1.79 bits per heavy atom. The largest absolute Gasteiger partial charge is 0.497 e. The second kappa shape index (κ2) is 7.20. The molecule has 3 aromatic rings. The molecular weight excluding hydrogens is 324 g/mol. The molecule has 4 heteroatoms. The van der Waals surface area contributed by atoms with Crippen molar-refractivity contribution in [2.24, 2.45) is 0 Å². The van der Waals surface area contributed by atoms with Gasteiger partial charge in [-0.25, -0.2) is 0 Å². The van der Waals surface area contributed by atoms with E-state index in [0.717, 1.165) is 5.56 Å². The number of rotatable bonds is 5. The molecule has 0 aliphatic rings. The maximum atomic E-state index is 12.2. The van der Waals surface area contributed by atoms with Gasteiger partial charge in [-0.05, 0) is 60.7 Å². The highest BCUT2D eigenvalue weighted by molar-refractivity contribution is 6.33. The average molecular weight is 339 g/mol. The Bertz CT molecular complexity index is 876. The fourth-order valence-corrected chi connectivity index (χ4v) is 2.49. The number of allylic oxidation sites excluding steroid dienone is 1. The van der Waals surface area contributed by atoms with Crippen LogP contribution in [-0.4, -0.2) is 12.9 Å². The van der Waals surface area contributed by atoms with Gasteiger partial charge in [0.15, 0.2) is 5.78 Å². The zero-order valence-electron chi connectivity index (χ0n) is 13.0. The molecule has 0 radical (unpaired) electrons. The molecule has 120 valence electrons. The maximum absolute atomic E-state index is 12.2. The molecule has 24 heavy (non-hydrogen) atoms. The van der Waals surface area contributed by atoms with Crippen molar-refractivity contribution in [1.82, 2.24) is 0 Å². The molecular formula is C20H15ClO3. The van der Waals surface area contributed by atoms with Gasteiger partial charge in [-0.2, -0.15) is 0 Å². The molecule has 2 aromatic carbocycles. The average Bonchev–Trinajstić information content (AvgIpc) is 3.09. The van der Waals surface area contributed by atoms with Crippen molar-refractivity contribution >= 4 is 23.5 Å². The second-order valence-corrected chi connectivity index (χ2v) is 5.52. The summed E-state index contributed by atoms with van der Waals surface area (Å²) >= 11 is 6.16. The van der Waals surface area contributed by atoms with Gasteiger partial charge < -0.3 is 9.15 Å². The summed E-state index contributed by atoms with van der Waals surface area (Å²) in [4.78, 5) is 12.2. The van der Waals surface area contributed by atoms with E-state index in [1.807, 2.05) is 30.3 Å². The SMILES string of the molecule is COc1ccc(C(=O)/C=C/c2ccc(-c3ccccc3Cl)o2)cc1. The number of benzene rings is 2. The van der Waals surface area contributed by atoms with Crippen LogP contribution in [-0.2, 0) is 0 Å². The van der Waals surface area contributed by atoms with Crippen molar-refractivity contribution in [2.75, 3.05) is 7.11 Å². The normalized spacial score (nSPS) is 10.9. The zero-order chi connectivity index (χ0) is 16.9. The Kier molecular flexibility index (Phi) is 4.82. The van der Waals surface area contributed by atoms with Crippen LogP contribution >= 0.6 is 11.6 Å². The fraction of sp³-hybridized carbons (Fsp3) is 0.0500. The minimum Gasteiger partial charge on any atom is -0.497 e. The summed E-state index contributed by atoms with van der Waals surface area (Å²) in [6.45, 7) is 0. The van der Waals surface area contributed by atoms with E-state index in [9.17, 15) is 4.79 Å². The predicted molar refractivity (Wildman–Crippen MR) is 95.5 cm³/mol. The first-order chi connectivity index (χ1) is 11.7. The van der Waals surface area contributed by atoms with Crippen molar-refractivity contribution < 1.29 is 13.9 Å². The number of ketones is 1. The third kappa shape index (κ3) is 3.58. The third-order valence-corrected chi connectivity index (χ3v) is 3.87. The Morgan fingerprint density at radius 3 is 2.50 bits per heavy atom. The van der Waals surface area contributed by atoms with Crippen LogP contribution in [0.3, 0.4) is 0 Å². The lowest BCUT2D eigenvalue weighted by molar-refractivity contribution is 0.104. The molecule has 1 aromatic heterocycles. The third-order valence-electron chi connectivity index (χ3n) is 3.54. The van der Waals surface area contributed by atoms with Crippen LogP contribution in [0.15, 0.2) is 71.2 Å². The Morgan fingerprint density at radius 1 is 1.04 bits per heavy atom. The maximum Gasteiger partial charge on any atom is 0.185 e. The molecule has 1 heterocycles. The summed E-state index contributed by atoms with van der Waals surface area (Å²) < 4.78 is 10.8. The van der Waals surface area contributed by atoms with E-state index in [0.29, 0.717) is 27.9 Å². The van der Waals surface area contributed by atoms with Gasteiger partial charge in [0.25, 0.3) is 0 Å². The molecule has 0 bridgehead atoms. The number of halogens is 1. The van der Waals surface area contributed by atoms with E-state index < -0.39 is 0 Å². The van der Waals surface area contributed by atoms with E-state index in [2.05, 4.69) is 0 Å². The Hall–Kier alpha value is -2.78. The molecule has 0 amide bonds. The van der Waals surface area contributed by atoms with Gasteiger partial charge in [-0.3, -0.25) is 4.79 Å². The summed E-state index contributed by atoms with van der Waals surface area (Å²) in [6, 6.07) is 18.0. The van der Waals surface area contributed by atoms with Gasteiger partial charge in [0.05, 0.1) is 12.1 Å². The zero-order valence-corrected chi connectivity index (χ0v) is 13.8. The van der Waals surface area contributed by atoms with Crippen LogP contribution in [0.2, 0.25) is 5.02 Å². The van der Waals surface area contributed by atoms with Crippen LogP contribution in [0.1, 0.15) is 16.1 Å². The summed E-state index contributed by atoms with van der Waals surface area (Å²) in [5.41, 5.74) is 1.41. The van der Waals surface area contributed by atoms with Crippen LogP contribution < -0.4 is 4.74 Å². The number of methoxy groups -OCH3 is 1. The van der Waals surface area contributed by atoms with Crippen molar-refractivity contribution in [3.05, 3.63) is 83.1 Å². The van der Waals surface area contributed by atoms with E-state index >= 15 is 0 Å². The lowest BCUT2D eigenvalue weighted by Gasteiger charge is -2.00. The standard InChI is InChI=1S/C20H15ClO3/c1-23-15-8-6-14(7-9-15)19(22)12-10-16-11-13-20(24-16)17-4-2-3-5-18(17)21/h2-13H,1H3/b12-10+. The first-order valence-electron chi connectivity index (χ1n) is 7.38.